The third-order valence-corrected chi connectivity index (χ3v) is 2.20. The van der Waals surface area contributed by atoms with Crippen molar-refractivity contribution in [1.82, 2.24) is 4.72 Å². The van der Waals surface area contributed by atoms with Crippen LogP contribution < -0.4 is 14.6 Å². The van der Waals surface area contributed by atoms with Crippen molar-refractivity contribution in [3.63, 3.8) is 0 Å². The lowest BCUT2D eigenvalue weighted by atomic mass is 10.2. The second-order valence-corrected chi connectivity index (χ2v) is 4.06. The molecule has 1 aromatic rings. The van der Waals surface area contributed by atoms with Crippen LogP contribution >= 0.6 is 0 Å². The first kappa shape index (κ1) is 11.0. The highest BCUT2D eigenvalue weighted by molar-refractivity contribution is 7.87. The van der Waals surface area contributed by atoms with Crippen LogP contribution in [0.5, 0.6) is 5.75 Å². The van der Waals surface area contributed by atoms with Crippen molar-refractivity contribution in [1.29, 1.82) is 0 Å². The Hall–Kier alpha value is -1.11. The standard InChI is InChI=1S/C8H12N2O3S/c1-13-8-5-3-2-4-7(8)6-10-14(9,11)12/h2-5,10H,6H2,1H3,(H2,9,11,12). The van der Waals surface area contributed by atoms with Gasteiger partial charge in [-0.1, -0.05) is 18.2 Å². The smallest absolute Gasteiger partial charge is 0.274 e. The summed E-state index contributed by atoms with van der Waals surface area (Å²) in [5.41, 5.74) is 0.740. The van der Waals surface area contributed by atoms with Gasteiger partial charge < -0.3 is 4.74 Å². The predicted molar refractivity (Wildman–Crippen MR) is 52.9 cm³/mol. The zero-order valence-corrected chi connectivity index (χ0v) is 8.54. The molecular weight excluding hydrogens is 204 g/mol. The average molecular weight is 216 g/mol. The molecular formula is C8H12N2O3S. The fourth-order valence-corrected chi connectivity index (χ4v) is 1.38. The number of hydrogen-bond donors (Lipinski definition) is 2. The summed E-state index contributed by atoms with van der Waals surface area (Å²) in [6.07, 6.45) is 0. The Morgan fingerprint density at radius 2 is 2.07 bits per heavy atom. The molecule has 0 saturated carbocycles. The maximum Gasteiger partial charge on any atom is 0.274 e. The van der Waals surface area contributed by atoms with E-state index in [0.29, 0.717) is 5.75 Å². The Balaban J connectivity index is 2.76. The molecule has 0 bridgehead atoms. The van der Waals surface area contributed by atoms with Crippen LogP contribution in [0.2, 0.25) is 0 Å². The normalized spacial score (nSPS) is 11.3. The molecule has 0 aromatic heterocycles. The number of ether oxygens (including phenoxy) is 1. The Bertz CT molecular complexity index is 403. The molecule has 0 unspecified atom stereocenters. The van der Waals surface area contributed by atoms with Gasteiger partial charge in [0.05, 0.1) is 7.11 Å². The summed E-state index contributed by atoms with van der Waals surface area (Å²) in [5, 5.41) is 4.80. The lowest BCUT2D eigenvalue weighted by Crippen LogP contribution is -2.30. The minimum absolute atomic E-state index is 0.128. The number of methoxy groups -OCH3 is 1. The Morgan fingerprint density at radius 3 is 2.64 bits per heavy atom. The summed E-state index contributed by atoms with van der Waals surface area (Å²) in [4.78, 5) is 0. The highest BCUT2D eigenvalue weighted by Gasteiger charge is 2.05. The van der Waals surface area contributed by atoms with E-state index in [2.05, 4.69) is 4.72 Å². The fraction of sp³-hybridized carbons (Fsp3) is 0.250. The molecule has 0 saturated heterocycles. The highest BCUT2D eigenvalue weighted by atomic mass is 32.2. The molecule has 0 heterocycles. The molecule has 3 N–H and O–H groups in total. The van der Waals surface area contributed by atoms with E-state index < -0.39 is 10.2 Å². The molecule has 6 heteroatoms. The van der Waals surface area contributed by atoms with Crippen molar-refractivity contribution in [2.75, 3.05) is 7.11 Å². The Morgan fingerprint density at radius 1 is 1.43 bits per heavy atom. The van der Waals surface area contributed by atoms with Crippen LogP contribution in [-0.4, -0.2) is 15.5 Å². The van der Waals surface area contributed by atoms with E-state index >= 15 is 0 Å². The van der Waals surface area contributed by atoms with E-state index in [1.807, 2.05) is 0 Å². The number of nitrogens with two attached hydrogens (primary N) is 1. The molecule has 1 aromatic carbocycles. The van der Waals surface area contributed by atoms with Crippen LogP contribution in [0.1, 0.15) is 5.56 Å². The van der Waals surface area contributed by atoms with Crippen LogP contribution in [0.15, 0.2) is 24.3 Å². The monoisotopic (exact) mass is 216 g/mol. The molecule has 0 aliphatic carbocycles. The fourth-order valence-electron chi connectivity index (χ4n) is 1.03. The number of hydrogen-bond acceptors (Lipinski definition) is 3. The minimum Gasteiger partial charge on any atom is -0.496 e. The van der Waals surface area contributed by atoms with E-state index in [1.165, 1.54) is 7.11 Å². The quantitative estimate of drug-likeness (QED) is 0.742. The molecule has 5 nitrogen and oxygen atoms in total. The van der Waals surface area contributed by atoms with Crippen LogP contribution in [-0.2, 0) is 16.8 Å². The summed E-state index contributed by atoms with van der Waals surface area (Å²) in [7, 11) is -2.13. The molecule has 0 aliphatic rings. The molecule has 0 spiro atoms. The maximum atomic E-state index is 10.6. The van der Waals surface area contributed by atoms with Gasteiger partial charge in [-0.3, -0.25) is 0 Å². The van der Waals surface area contributed by atoms with Crippen molar-refractivity contribution >= 4 is 10.2 Å². The van der Waals surface area contributed by atoms with Gasteiger partial charge in [-0.05, 0) is 6.07 Å². The Kier molecular flexibility index (Phi) is 3.45. The lowest BCUT2D eigenvalue weighted by molar-refractivity contribution is 0.409. The van der Waals surface area contributed by atoms with Crippen LogP contribution in [0.4, 0.5) is 0 Å². The number of nitrogens with one attached hydrogen (secondary N) is 1. The van der Waals surface area contributed by atoms with Crippen LogP contribution in [0.3, 0.4) is 0 Å². The van der Waals surface area contributed by atoms with Crippen LogP contribution in [0, 0.1) is 0 Å². The molecule has 1 rings (SSSR count). The van der Waals surface area contributed by atoms with Gasteiger partial charge in [-0.2, -0.15) is 13.1 Å². The Labute approximate surface area is 83.1 Å². The van der Waals surface area contributed by atoms with Gasteiger partial charge in [0.15, 0.2) is 0 Å². The molecule has 0 amide bonds. The summed E-state index contributed by atoms with van der Waals surface area (Å²) in [6, 6.07) is 7.11. The third kappa shape index (κ3) is 3.33. The first-order valence-corrected chi connectivity index (χ1v) is 5.47. The zero-order valence-electron chi connectivity index (χ0n) is 7.73. The third-order valence-electron chi connectivity index (χ3n) is 1.66. The van der Waals surface area contributed by atoms with Gasteiger partial charge in [0.2, 0.25) is 0 Å². The summed E-state index contributed by atoms with van der Waals surface area (Å²) in [6.45, 7) is 0.128. The highest BCUT2D eigenvalue weighted by Crippen LogP contribution is 2.16. The van der Waals surface area contributed by atoms with E-state index in [1.54, 1.807) is 24.3 Å². The second kappa shape index (κ2) is 4.41. The van der Waals surface area contributed by atoms with Crippen molar-refractivity contribution in [3.8, 4) is 5.75 Å². The van der Waals surface area contributed by atoms with E-state index in [-0.39, 0.29) is 6.54 Å². The SMILES string of the molecule is COc1ccccc1CNS(N)(=O)=O. The molecule has 78 valence electrons. The number of rotatable bonds is 4. The van der Waals surface area contributed by atoms with Gasteiger partial charge in [0.25, 0.3) is 10.2 Å². The van der Waals surface area contributed by atoms with E-state index in [0.717, 1.165) is 5.56 Å². The molecule has 14 heavy (non-hydrogen) atoms. The molecule has 0 radical (unpaired) electrons. The van der Waals surface area contributed by atoms with Crippen molar-refractivity contribution in [2.45, 2.75) is 6.54 Å². The summed E-state index contributed by atoms with van der Waals surface area (Å²) < 4.78 is 28.5. The topological polar surface area (TPSA) is 81.4 Å². The van der Waals surface area contributed by atoms with Gasteiger partial charge in [0.1, 0.15) is 5.75 Å². The van der Waals surface area contributed by atoms with E-state index in [9.17, 15) is 8.42 Å². The first-order valence-electron chi connectivity index (χ1n) is 3.92. The van der Waals surface area contributed by atoms with Gasteiger partial charge in [0, 0.05) is 12.1 Å². The van der Waals surface area contributed by atoms with E-state index in [4.69, 9.17) is 9.88 Å². The summed E-state index contributed by atoms with van der Waals surface area (Å²) in [5.74, 6) is 0.628. The average Bonchev–Trinajstić information content (AvgIpc) is 2.14. The van der Waals surface area contributed by atoms with Crippen molar-refractivity contribution in [3.05, 3.63) is 29.8 Å². The minimum atomic E-state index is -3.65. The maximum absolute atomic E-state index is 10.6. The molecule has 0 fully saturated rings. The number of para-hydroxylation sites is 1. The lowest BCUT2D eigenvalue weighted by Gasteiger charge is -2.07. The predicted octanol–water partition coefficient (Wildman–Crippen LogP) is -0.0117. The van der Waals surface area contributed by atoms with Gasteiger partial charge in [-0.25, -0.2) is 5.14 Å². The zero-order chi connectivity index (χ0) is 10.6. The molecule has 0 atom stereocenters. The van der Waals surface area contributed by atoms with Gasteiger partial charge in [-0.15, -0.1) is 0 Å². The van der Waals surface area contributed by atoms with Crippen molar-refractivity contribution < 1.29 is 13.2 Å². The first-order chi connectivity index (χ1) is 6.53. The molecule has 0 aliphatic heterocycles. The second-order valence-electron chi connectivity index (χ2n) is 2.68. The largest absolute Gasteiger partial charge is 0.496 e. The van der Waals surface area contributed by atoms with Crippen molar-refractivity contribution in [2.24, 2.45) is 5.14 Å². The van der Waals surface area contributed by atoms with Crippen LogP contribution in [0.25, 0.3) is 0 Å². The van der Waals surface area contributed by atoms with Gasteiger partial charge >= 0.3 is 0 Å². The number of benzene rings is 1. The summed E-state index contributed by atoms with van der Waals surface area (Å²) >= 11 is 0.